The fourth-order valence-corrected chi connectivity index (χ4v) is 3.19. The van der Waals surface area contributed by atoms with Gasteiger partial charge in [0.15, 0.2) is 0 Å². The molecule has 0 aliphatic rings. The first-order valence-corrected chi connectivity index (χ1v) is 9.58. The van der Waals surface area contributed by atoms with Crippen LogP contribution in [0.5, 0.6) is 5.75 Å². The second kappa shape index (κ2) is 8.29. The third-order valence-corrected chi connectivity index (χ3v) is 4.69. The number of aromatic nitrogens is 2. The largest absolute Gasteiger partial charge is 0.494 e. The molecule has 0 aliphatic carbocycles. The van der Waals surface area contributed by atoms with Crippen LogP contribution in [0.2, 0.25) is 0 Å². The molecule has 0 radical (unpaired) electrons. The first-order valence-electron chi connectivity index (χ1n) is 9.58. The van der Waals surface area contributed by atoms with Gasteiger partial charge in [-0.05, 0) is 54.4 Å². The molecule has 1 N–H and O–H groups in total. The number of fused-ring (bicyclic) bond motifs is 1. The van der Waals surface area contributed by atoms with Crippen molar-refractivity contribution >= 4 is 16.9 Å². The minimum absolute atomic E-state index is 0.0111. The normalized spacial score (nSPS) is 10.9. The lowest BCUT2D eigenvalue weighted by Gasteiger charge is -2.08. The Kier molecular flexibility index (Phi) is 5.39. The van der Waals surface area contributed by atoms with Gasteiger partial charge in [0, 0.05) is 17.1 Å². The fourth-order valence-electron chi connectivity index (χ4n) is 3.19. The Balaban J connectivity index is 1.66. The third kappa shape index (κ3) is 3.98. The minimum Gasteiger partial charge on any atom is -0.494 e. The highest BCUT2D eigenvalue weighted by Gasteiger charge is 2.14. The summed E-state index contributed by atoms with van der Waals surface area (Å²) in [5, 5.41) is 9.79. The van der Waals surface area contributed by atoms with Crippen LogP contribution >= 0.6 is 0 Å². The number of carboxylic acid groups (broad SMARTS) is 1. The Hall–Kier alpha value is -3.80. The van der Waals surface area contributed by atoms with Crippen LogP contribution in [0.1, 0.15) is 23.7 Å². The molecule has 2 aromatic carbocycles. The number of rotatable bonds is 6. The van der Waals surface area contributed by atoms with E-state index in [4.69, 9.17) is 4.74 Å². The molecule has 2 heterocycles. The van der Waals surface area contributed by atoms with Gasteiger partial charge in [0.05, 0.1) is 29.1 Å². The van der Waals surface area contributed by atoms with Crippen LogP contribution in [0.25, 0.3) is 33.4 Å². The van der Waals surface area contributed by atoms with Gasteiger partial charge in [0.2, 0.25) is 0 Å². The van der Waals surface area contributed by atoms with Crippen molar-refractivity contribution in [3.05, 3.63) is 78.2 Å². The third-order valence-electron chi connectivity index (χ3n) is 4.69. The summed E-state index contributed by atoms with van der Waals surface area (Å²) < 4.78 is 19.2. The van der Waals surface area contributed by atoms with Crippen LogP contribution in [-0.4, -0.2) is 27.7 Å². The lowest BCUT2D eigenvalue weighted by atomic mass is 10.0. The Bertz CT molecular complexity index is 1210. The number of ether oxygens (including phenoxy) is 1. The van der Waals surface area contributed by atoms with Crippen molar-refractivity contribution in [2.24, 2.45) is 0 Å². The van der Waals surface area contributed by atoms with E-state index in [1.165, 1.54) is 24.3 Å². The monoisotopic (exact) mass is 402 g/mol. The van der Waals surface area contributed by atoms with Gasteiger partial charge in [-0.25, -0.2) is 14.2 Å². The summed E-state index contributed by atoms with van der Waals surface area (Å²) in [6, 6.07) is 16.8. The van der Waals surface area contributed by atoms with Gasteiger partial charge >= 0.3 is 5.97 Å². The summed E-state index contributed by atoms with van der Waals surface area (Å²) in [4.78, 5) is 20.6. The summed E-state index contributed by atoms with van der Waals surface area (Å²) in [6.45, 7) is 2.74. The first kappa shape index (κ1) is 19.5. The van der Waals surface area contributed by atoms with Gasteiger partial charge in [-0.3, -0.25) is 4.98 Å². The maximum atomic E-state index is 13.6. The smallest absolute Gasteiger partial charge is 0.336 e. The van der Waals surface area contributed by atoms with E-state index in [-0.39, 0.29) is 10.9 Å². The molecule has 0 saturated carbocycles. The molecule has 0 saturated heterocycles. The average molecular weight is 402 g/mol. The summed E-state index contributed by atoms with van der Waals surface area (Å²) in [5.74, 6) is -0.826. The fraction of sp³-hybridized carbons (Fsp3) is 0.125. The molecule has 30 heavy (non-hydrogen) atoms. The Morgan fingerprint density at radius 2 is 1.77 bits per heavy atom. The van der Waals surface area contributed by atoms with Gasteiger partial charge in [-0.1, -0.05) is 25.1 Å². The number of nitrogens with zero attached hydrogens (tertiary/aromatic N) is 2. The van der Waals surface area contributed by atoms with Crippen LogP contribution in [-0.2, 0) is 0 Å². The van der Waals surface area contributed by atoms with E-state index in [0.717, 1.165) is 23.3 Å². The molecule has 0 spiro atoms. The van der Waals surface area contributed by atoms with Gasteiger partial charge in [-0.15, -0.1) is 0 Å². The topological polar surface area (TPSA) is 72.3 Å². The molecule has 4 aromatic rings. The number of hydrogen-bond donors (Lipinski definition) is 1. The van der Waals surface area contributed by atoms with E-state index in [0.29, 0.717) is 23.5 Å². The van der Waals surface area contributed by atoms with E-state index < -0.39 is 11.8 Å². The molecule has 2 aromatic heterocycles. The lowest BCUT2D eigenvalue weighted by molar-refractivity contribution is 0.0699. The highest BCUT2D eigenvalue weighted by Crippen LogP contribution is 2.27. The Morgan fingerprint density at radius 1 is 1.00 bits per heavy atom. The van der Waals surface area contributed by atoms with Crippen molar-refractivity contribution in [3.8, 4) is 28.3 Å². The number of halogens is 1. The van der Waals surface area contributed by atoms with Crippen LogP contribution in [0.4, 0.5) is 4.39 Å². The maximum absolute atomic E-state index is 13.6. The lowest BCUT2D eigenvalue weighted by Crippen LogP contribution is -2.01. The SMILES string of the molecule is CCCOc1ccc(-c2ccc(-c3cc(C(=O)O)c4cc(F)ccc4n3)nc2)cc1. The minimum atomic E-state index is -1.14. The Morgan fingerprint density at radius 3 is 2.43 bits per heavy atom. The average Bonchev–Trinajstić information content (AvgIpc) is 2.77. The number of hydrogen-bond acceptors (Lipinski definition) is 4. The van der Waals surface area contributed by atoms with E-state index in [1.807, 2.05) is 30.3 Å². The zero-order valence-electron chi connectivity index (χ0n) is 16.3. The zero-order chi connectivity index (χ0) is 21.1. The van der Waals surface area contributed by atoms with Crippen molar-refractivity contribution in [2.45, 2.75) is 13.3 Å². The van der Waals surface area contributed by atoms with Crippen LogP contribution in [0.3, 0.4) is 0 Å². The van der Waals surface area contributed by atoms with Crippen molar-refractivity contribution in [1.82, 2.24) is 9.97 Å². The molecule has 150 valence electrons. The van der Waals surface area contributed by atoms with Crippen molar-refractivity contribution in [2.75, 3.05) is 6.61 Å². The molecular weight excluding hydrogens is 383 g/mol. The molecule has 0 fully saturated rings. The van der Waals surface area contributed by atoms with Crippen LogP contribution in [0, 0.1) is 5.82 Å². The molecule has 0 bridgehead atoms. The van der Waals surface area contributed by atoms with Crippen LogP contribution < -0.4 is 4.74 Å². The number of carboxylic acids is 1. The number of carbonyl (C=O) groups is 1. The van der Waals surface area contributed by atoms with E-state index >= 15 is 0 Å². The second-order valence-corrected chi connectivity index (χ2v) is 6.83. The summed E-state index contributed by atoms with van der Waals surface area (Å²) >= 11 is 0. The Labute approximate surface area is 172 Å². The van der Waals surface area contributed by atoms with Gasteiger partial charge < -0.3 is 9.84 Å². The summed E-state index contributed by atoms with van der Waals surface area (Å²) in [5.41, 5.74) is 3.26. The predicted octanol–water partition coefficient (Wildman–Crippen LogP) is 5.59. The quantitative estimate of drug-likeness (QED) is 0.455. The van der Waals surface area contributed by atoms with Crippen LogP contribution in [0.15, 0.2) is 66.9 Å². The van der Waals surface area contributed by atoms with E-state index in [9.17, 15) is 14.3 Å². The number of pyridine rings is 2. The molecule has 6 heteroatoms. The standard InChI is InChI=1S/C24H19FN2O3/c1-2-11-30-18-7-3-15(4-8-18)16-5-9-22(26-14-16)23-13-20(24(28)29)19-12-17(25)6-10-21(19)27-23/h3-10,12-14H,2,11H2,1H3,(H,28,29). The number of benzene rings is 2. The number of aromatic carboxylic acids is 1. The molecular formula is C24H19FN2O3. The van der Waals surface area contributed by atoms with Gasteiger partial charge in [-0.2, -0.15) is 0 Å². The molecule has 0 atom stereocenters. The first-order chi connectivity index (χ1) is 14.5. The summed E-state index contributed by atoms with van der Waals surface area (Å²) in [7, 11) is 0. The maximum Gasteiger partial charge on any atom is 0.336 e. The van der Waals surface area contributed by atoms with Gasteiger partial charge in [0.1, 0.15) is 11.6 Å². The molecule has 4 rings (SSSR count). The zero-order valence-corrected chi connectivity index (χ0v) is 16.3. The van der Waals surface area contributed by atoms with Crippen molar-refractivity contribution < 1.29 is 19.0 Å². The van der Waals surface area contributed by atoms with Crippen molar-refractivity contribution in [3.63, 3.8) is 0 Å². The second-order valence-electron chi connectivity index (χ2n) is 6.83. The van der Waals surface area contributed by atoms with E-state index in [2.05, 4.69) is 16.9 Å². The summed E-state index contributed by atoms with van der Waals surface area (Å²) in [6.07, 6.45) is 2.67. The molecule has 5 nitrogen and oxygen atoms in total. The van der Waals surface area contributed by atoms with Crippen molar-refractivity contribution in [1.29, 1.82) is 0 Å². The molecule has 0 amide bonds. The highest BCUT2D eigenvalue weighted by atomic mass is 19.1. The highest BCUT2D eigenvalue weighted by molar-refractivity contribution is 6.03. The van der Waals surface area contributed by atoms with E-state index in [1.54, 1.807) is 12.3 Å². The predicted molar refractivity (Wildman–Crippen MR) is 113 cm³/mol. The molecule has 0 unspecified atom stereocenters. The van der Waals surface area contributed by atoms with Gasteiger partial charge in [0.25, 0.3) is 0 Å². The molecule has 0 aliphatic heterocycles.